The van der Waals surface area contributed by atoms with Gasteiger partial charge in [-0.05, 0) is 55.2 Å². The van der Waals surface area contributed by atoms with Crippen LogP contribution in [0.25, 0.3) is 0 Å². The van der Waals surface area contributed by atoms with Crippen LogP contribution >= 0.6 is 11.6 Å². The molecule has 3 rings (SSSR count). The third-order valence-corrected chi connectivity index (χ3v) is 5.70. The highest BCUT2D eigenvalue weighted by molar-refractivity contribution is 6.31. The Morgan fingerprint density at radius 2 is 1.74 bits per heavy atom. The first-order chi connectivity index (χ1) is 14.9. The summed E-state index contributed by atoms with van der Waals surface area (Å²) < 4.78 is 5.26. The Bertz CT molecular complexity index is 954. The van der Waals surface area contributed by atoms with Gasteiger partial charge in [0.15, 0.2) is 0 Å². The van der Waals surface area contributed by atoms with Crippen molar-refractivity contribution in [2.45, 2.75) is 26.2 Å². The van der Waals surface area contributed by atoms with Crippen molar-refractivity contribution < 1.29 is 19.1 Å². The molecule has 2 N–H and O–H groups in total. The second-order valence-electron chi connectivity index (χ2n) is 7.40. The summed E-state index contributed by atoms with van der Waals surface area (Å²) in [6.07, 6.45) is 1.90. The number of hydrazine groups is 1. The van der Waals surface area contributed by atoms with Gasteiger partial charge in [0.05, 0.1) is 12.7 Å². The van der Waals surface area contributed by atoms with Crippen molar-refractivity contribution in [1.82, 2.24) is 15.8 Å². The number of ether oxygens (including phenoxy) is 1. The summed E-state index contributed by atoms with van der Waals surface area (Å²) in [4.78, 5) is 39.2. The number of likely N-dealkylation sites (tertiary alicyclic amines) is 1. The minimum absolute atomic E-state index is 0.179. The molecule has 0 bridgehead atoms. The van der Waals surface area contributed by atoms with Crippen molar-refractivity contribution in [3.63, 3.8) is 0 Å². The Hall–Kier alpha value is -3.06. The lowest BCUT2D eigenvalue weighted by Crippen LogP contribution is -2.48. The Balaban J connectivity index is 1.51. The van der Waals surface area contributed by atoms with Gasteiger partial charge in [-0.3, -0.25) is 25.2 Å². The molecule has 0 saturated carbocycles. The number of halogens is 1. The van der Waals surface area contributed by atoms with E-state index in [1.807, 2.05) is 19.1 Å². The monoisotopic (exact) mass is 443 g/mol. The van der Waals surface area contributed by atoms with E-state index >= 15 is 0 Å². The molecule has 1 aliphatic heterocycles. The second kappa shape index (κ2) is 10.3. The van der Waals surface area contributed by atoms with Gasteiger partial charge in [-0.25, -0.2) is 0 Å². The van der Waals surface area contributed by atoms with Gasteiger partial charge in [0.2, 0.25) is 5.91 Å². The molecule has 3 amide bonds. The van der Waals surface area contributed by atoms with Crippen molar-refractivity contribution in [3.05, 3.63) is 64.2 Å². The number of hydrogen-bond donors (Lipinski definition) is 2. The highest BCUT2D eigenvalue weighted by Crippen LogP contribution is 2.26. The van der Waals surface area contributed by atoms with Crippen molar-refractivity contribution in [2.75, 3.05) is 20.2 Å². The summed E-state index contributed by atoms with van der Waals surface area (Å²) in [5.74, 6) is -0.623. The van der Waals surface area contributed by atoms with Crippen molar-refractivity contribution in [3.8, 4) is 5.75 Å². The molecular weight excluding hydrogens is 418 g/mol. The Morgan fingerprint density at radius 3 is 2.35 bits per heavy atom. The first-order valence-corrected chi connectivity index (χ1v) is 10.6. The number of nitrogens with zero attached hydrogens (tertiary/aromatic N) is 1. The molecule has 8 heteroatoms. The number of methoxy groups -OCH3 is 1. The number of rotatable bonds is 5. The normalized spacial score (nSPS) is 14.1. The average Bonchev–Trinajstić information content (AvgIpc) is 2.82. The molecule has 7 nitrogen and oxygen atoms in total. The molecule has 1 aliphatic rings. The molecule has 1 fully saturated rings. The SMILES string of the molecule is CCc1ccc(C(=O)NNC(=O)C2CCN(C(=O)c3cc(Cl)ccc3OC)CC2)cc1. The maximum atomic E-state index is 12.9. The fourth-order valence-electron chi connectivity index (χ4n) is 3.55. The maximum Gasteiger partial charge on any atom is 0.269 e. The second-order valence-corrected chi connectivity index (χ2v) is 7.84. The quantitative estimate of drug-likeness (QED) is 0.694. The summed E-state index contributed by atoms with van der Waals surface area (Å²) in [5.41, 5.74) is 6.98. The lowest BCUT2D eigenvalue weighted by molar-refractivity contribution is -0.127. The minimum Gasteiger partial charge on any atom is -0.496 e. The van der Waals surface area contributed by atoms with E-state index in [9.17, 15) is 14.4 Å². The van der Waals surface area contributed by atoms with Crippen LogP contribution in [-0.4, -0.2) is 42.8 Å². The topological polar surface area (TPSA) is 87.7 Å². The van der Waals surface area contributed by atoms with Crippen molar-refractivity contribution >= 4 is 29.3 Å². The van der Waals surface area contributed by atoms with E-state index < -0.39 is 0 Å². The number of nitrogens with one attached hydrogen (secondary N) is 2. The number of amides is 3. The van der Waals surface area contributed by atoms with Gasteiger partial charge in [-0.2, -0.15) is 0 Å². The third-order valence-electron chi connectivity index (χ3n) is 5.47. The summed E-state index contributed by atoms with van der Waals surface area (Å²) >= 11 is 6.03. The van der Waals surface area contributed by atoms with E-state index in [1.54, 1.807) is 35.2 Å². The van der Waals surface area contributed by atoms with Crippen LogP contribution in [0.15, 0.2) is 42.5 Å². The molecule has 1 saturated heterocycles. The predicted octanol–water partition coefficient (Wildman–Crippen LogP) is 3.22. The lowest BCUT2D eigenvalue weighted by Gasteiger charge is -2.31. The first-order valence-electron chi connectivity index (χ1n) is 10.2. The van der Waals surface area contributed by atoms with Crippen LogP contribution in [-0.2, 0) is 11.2 Å². The van der Waals surface area contributed by atoms with Gasteiger partial charge >= 0.3 is 0 Å². The van der Waals surface area contributed by atoms with Crippen LogP contribution in [0.3, 0.4) is 0 Å². The molecule has 0 aromatic heterocycles. The zero-order chi connectivity index (χ0) is 22.4. The zero-order valence-corrected chi connectivity index (χ0v) is 18.4. The molecule has 2 aromatic carbocycles. The average molecular weight is 444 g/mol. The largest absolute Gasteiger partial charge is 0.496 e. The Kier molecular flexibility index (Phi) is 7.52. The van der Waals surface area contributed by atoms with Gasteiger partial charge in [0.25, 0.3) is 11.8 Å². The summed E-state index contributed by atoms with van der Waals surface area (Å²) in [5, 5.41) is 0.457. The van der Waals surface area contributed by atoms with E-state index in [0.29, 0.717) is 47.8 Å². The van der Waals surface area contributed by atoms with Crippen molar-refractivity contribution in [2.24, 2.45) is 5.92 Å². The van der Waals surface area contributed by atoms with E-state index in [2.05, 4.69) is 10.9 Å². The van der Waals surface area contributed by atoms with Crippen LogP contribution in [0.2, 0.25) is 5.02 Å². The number of carbonyl (C=O) groups is 3. The molecule has 0 spiro atoms. The van der Waals surface area contributed by atoms with E-state index in [0.717, 1.165) is 12.0 Å². The lowest BCUT2D eigenvalue weighted by atomic mass is 9.95. The van der Waals surface area contributed by atoms with E-state index in [4.69, 9.17) is 16.3 Å². The van der Waals surface area contributed by atoms with Gasteiger partial charge in [0.1, 0.15) is 5.75 Å². The van der Waals surface area contributed by atoms with Gasteiger partial charge in [0, 0.05) is 29.6 Å². The highest BCUT2D eigenvalue weighted by Gasteiger charge is 2.29. The fraction of sp³-hybridized carbons (Fsp3) is 0.348. The van der Waals surface area contributed by atoms with Gasteiger partial charge in [-0.1, -0.05) is 30.7 Å². The van der Waals surface area contributed by atoms with Crippen LogP contribution in [0.4, 0.5) is 0 Å². The molecule has 1 heterocycles. The number of carbonyl (C=O) groups excluding carboxylic acids is 3. The first kappa shape index (κ1) is 22.6. The Morgan fingerprint density at radius 1 is 1.06 bits per heavy atom. The van der Waals surface area contributed by atoms with Crippen LogP contribution in [0, 0.1) is 5.92 Å². The van der Waals surface area contributed by atoms with Crippen LogP contribution in [0.5, 0.6) is 5.75 Å². The summed E-state index contributed by atoms with van der Waals surface area (Å²) in [7, 11) is 1.50. The number of benzene rings is 2. The third kappa shape index (κ3) is 5.55. The van der Waals surface area contributed by atoms with Gasteiger partial charge in [-0.15, -0.1) is 0 Å². The number of hydrogen-bond acceptors (Lipinski definition) is 4. The molecule has 0 unspecified atom stereocenters. The van der Waals surface area contributed by atoms with Crippen LogP contribution in [0.1, 0.15) is 46.0 Å². The fourth-order valence-corrected chi connectivity index (χ4v) is 3.72. The Labute approximate surface area is 186 Å². The van der Waals surface area contributed by atoms with E-state index in [-0.39, 0.29) is 23.6 Å². The van der Waals surface area contributed by atoms with Crippen LogP contribution < -0.4 is 15.6 Å². The molecular formula is C23H26ClN3O4. The molecule has 0 radical (unpaired) electrons. The molecule has 2 aromatic rings. The summed E-state index contributed by atoms with van der Waals surface area (Å²) in [6.45, 7) is 2.90. The zero-order valence-electron chi connectivity index (χ0n) is 17.6. The molecule has 31 heavy (non-hydrogen) atoms. The van der Waals surface area contributed by atoms with E-state index in [1.165, 1.54) is 7.11 Å². The number of piperidine rings is 1. The standard InChI is InChI=1S/C23H26ClN3O4/c1-3-15-4-6-16(7-5-15)21(28)25-26-22(29)17-10-12-27(13-11-17)23(30)19-14-18(24)8-9-20(19)31-2/h4-9,14,17H,3,10-13H2,1-2H3,(H,25,28)(H,26,29). The molecule has 0 aliphatic carbocycles. The smallest absolute Gasteiger partial charge is 0.269 e. The number of aryl methyl sites for hydroxylation is 1. The van der Waals surface area contributed by atoms with Crippen molar-refractivity contribution in [1.29, 1.82) is 0 Å². The van der Waals surface area contributed by atoms with Gasteiger partial charge < -0.3 is 9.64 Å². The maximum absolute atomic E-state index is 12.9. The minimum atomic E-state index is -0.364. The predicted molar refractivity (Wildman–Crippen MR) is 118 cm³/mol. The highest BCUT2D eigenvalue weighted by atomic mass is 35.5. The summed E-state index contributed by atoms with van der Waals surface area (Å²) in [6, 6.07) is 12.2. The molecule has 164 valence electrons. The molecule has 0 atom stereocenters.